The van der Waals surface area contributed by atoms with Gasteiger partial charge in [0, 0.05) is 19.5 Å². The number of aryl methyl sites for hydroxylation is 1. The van der Waals surface area contributed by atoms with Crippen molar-refractivity contribution in [2.45, 2.75) is 24.3 Å². The minimum atomic E-state index is -3.65. The van der Waals surface area contributed by atoms with E-state index in [1.54, 1.807) is 42.5 Å². The van der Waals surface area contributed by atoms with Crippen molar-refractivity contribution in [3.05, 3.63) is 77.2 Å². The summed E-state index contributed by atoms with van der Waals surface area (Å²) in [5.74, 6) is 0.149. The van der Waals surface area contributed by atoms with Crippen molar-refractivity contribution in [1.29, 1.82) is 0 Å². The van der Waals surface area contributed by atoms with Gasteiger partial charge in [-0.15, -0.1) is 0 Å². The first-order valence-corrected chi connectivity index (χ1v) is 10.6. The fourth-order valence-corrected chi connectivity index (χ4v) is 4.56. The molecule has 1 atom stereocenters. The van der Waals surface area contributed by atoms with Gasteiger partial charge in [-0.3, -0.25) is 0 Å². The first-order valence-electron chi connectivity index (χ1n) is 9.18. The predicted octanol–water partition coefficient (Wildman–Crippen LogP) is 2.87. The van der Waals surface area contributed by atoms with Crippen molar-refractivity contribution in [1.82, 2.24) is 14.4 Å². The molecule has 1 aliphatic heterocycles. The molecule has 152 valence electrons. The first-order chi connectivity index (χ1) is 13.9. The van der Waals surface area contributed by atoms with Gasteiger partial charge < -0.3 is 9.26 Å². The Balaban J connectivity index is 1.50. The van der Waals surface area contributed by atoms with Crippen molar-refractivity contribution in [3.8, 4) is 0 Å². The third kappa shape index (κ3) is 4.21. The van der Waals surface area contributed by atoms with E-state index in [4.69, 9.17) is 9.26 Å². The van der Waals surface area contributed by atoms with E-state index in [-0.39, 0.29) is 42.7 Å². The molecule has 1 aliphatic rings. The number of sulfonamides is 1. The molecule has 0 radical (unpaired) electrons. The van der Waals surface area contributed by atoms with Gasteiger partial charge in [0.25, 0.3) is 5.89 Å². The number of rotatable bonds is 5. The number of halogens is 1. The standard InChI is InChI=1S/C20H20FN3O4S/c1-14-6-8-16(9-7-14)29(25,26)24-10-11-27-18(13-24)20-22-19(23-28-20)12-15-4-2-3-5-17(15)21/h2-9,18H,10-13H2,1H3/t18-/m1/s1. The highest BCUT2D eigenvalue weighted by molar-refractivity contribution is 7.89. The summed E-state index contributed by atoms with van der Waals surface area (Å²) in [7, 11) is -3.65. The molecule has 0 bridgehead atoms. The van der Waals surface area contributed by atoms with Crippen molar-refractivity contribution < 1.29 is 22.1 Å². The van der Waals surface area contributed by atoms with Crippen LogP contribution in [0.4, 0.5) is 4.39 Å². The summed E-state index contributed by atoms with van der Waals surface area (Å²) in [4.78, 5) is 4.51. The monoisotopic (exact) mass is 417 g/mol. The average molecular weight is 417 g/mol. The molecule has 3 aromatic rings. The van der Waals surface area contributed by atoms with Crippen LogP contribution in [0.25, 0.3) is 0 Å². The number of hydrogen-bond acceptors (Lipinski definition) is 6. The summed E-state index contributed by atoms with van der Waals surface area (Å²) >= 11 is 0. The average Bonchev–Trinajstić information content (AvgIpc) is 3.19. The number of hydrogen-bond donors (Lipinski definition) is 0. The van der Waals surface area contributed by atoms with Crippen molar-refractivity contribution in [3.63, 3.8) is 0 Å². The van der Waals surface area contributed by atoms with Crippen LogP contribution >= 0.6 is 0 Å². The molecule has 29 heavy (non-hydrogen) atoms. The number of benzene rings is 2. The number of ether oxygens (including phenoxy) is 1. The van der Waals surface area contributed by atoms with E-state index < -0.39 is 16.1 Å². The smallest absolute Gasteiger partial charge is 0.257 e. The van der Waals surface area contributed by atoms with Gasteiger partial charge in [-0.2, -0.15) is 9.29 Å². The molecule has 7 nitrogen and oxygen atoms in total. The molecule has 2 heterocycles. The maximum absolute atomic E-state index is 13.8. The molecular formula is C20H20FN3O4S. The van der Waals surface area contributed by atoms with E-state index in [1.165, 1.54) is 10.4 Å². The molecule has 0 saturated carbocycles. The van der Waals surface area contributed by atoms with Gasteiger partial charge in [0.15, 0.2) is 11.9 Å². The lowest BCUT2D eigenvalue weighted by Crippen LogP contribution is -2.42. The summed E-state index contributed by atoms with van der Waals surface area (Å²) in [5.41, 5.74) is 1.44. The molecule has 0 N–H and O–H groups in total. The van der Waals surface area contributed by atoms with E-state index in [1.807, 2.05) is 6.92 Å². The lowest BCUT2D eigenvalue weighted by molar-refractivity contribution is -0.0199. The number of morpholine rings is 1. The topological polar surface area (TPSA) is 85.5 Å². The van der Waals surface area contributed by atoms with Crippen LogP contribution in [0.3, 0.4) is 0 Å². The molecule has 0 aliphatic carbocycles. The molecule has 1 aromatic heterocycles. The van der Waals surface area contributed by atoms with Crippen molar-refractivity contribution in [2.75, 3.05) is 19.7 Å². The maximum atomic E-state index is 13.8. The van der Waals surface area contributed by atoms with Gasteiger partial charge >= 0.3 is 0 Å². The quantitative estimate of drug-likeness (QED) is 0.635. The second-order valence-corrected chi connectivity index (χ2v) is 8.79. The number of aromatic nitrogens is 2. The van der Waals surface area contributed by atoms with E-state index >= 15 is 0 Å². The number of nitrogens with zero attached hydrogens (tertiary/aromatic N) is 3. The summed E-state index contributed by atoms with van der Waals surface area (Å²) in [6.07, 6.45) is -0.500. The van der Waals surface area contributed by atoms with Crippen LogP contribution in [0.2, 0.25) is 0 Å². The SMILES string of the molecule is Cc1ccc(S(=O)(=O)N2CCO[C@@H](c3nc(Cc4ccccc4F)no3)C2)cc1. The van der Waals surface area contributed by atoms with Crippen LogP contribution in [0.1, 0.15) is 28.9 Å². The Kier molecular flexibility index (Phi) is 5.44. The van der Waals surface area contributed by atoms with E-state index in [9.17, 15) is 12.8 Å². The molecule has 0 unspecified atom stereocenters. The molecule has 1 fully saturated rings. The highest BCUT2D eigenvalue weighted by Gasteiger charge is 2.34. The predicted molar refractivity (Wildman–Crippen MR) is 102 cm³/mol. The van der Waals surface area contributed by atoms with Gasteiger partial charge in [-0.05, 0) is 30.7 Å². The zero-order chi connectivity index (χ0) is 20.4. The van der Waals surface area contributed by atoms with Gasteiger partial charge in [-0.1, -0.05) is 41.1 Å². The van der Waals surface area contributed by atoms with Crippen molar-refractivity contribution in [2.24, 2.45) is 0 Å². The van der Waals surface area contributed by atoms with Crippen LogP contribution < -0.4 is 0 Å². The lowest BCUT2D eigenvalue weighted by Gasteiger charge is -2.30. The van der Waals surface area contributed by atoms with Crippen LogP contribution in [-0.4, -0.2) is 42.6 Å². The van der Waals surface area contributed by atoms with Gasteiger partial charge in [0.1, 0.15) is 5.82 Å². The molecular weight excluding hydrogens is 397 g/mol. The van der Waals surface area contributed by atoms with Crippen LogP contribution in [-0.2, 0) is 21.2 Å². The Morgan fingerprint density at radius 1 is 1.17 bits per heavy atom. The highest BCUT2D eigenvalue weighted by Crippen LogP contribution is 2.26. The van der Waals surface area contributed by atoms with Crippen LogP contribution in [0.5, 0.6) is 0 Å². The summed E-state index contributed by atoms with van der Waals surface area (Å²) in [5, 5.41) is 3.88. The summed E-state index contributed by atoms with van der Waals surface area (Å²) in [6, 6.07) is 13.1. The summed E-state index contributed by atoms with van der Waals surface area (Å²) in [6.45, 7) is 2.41. The van der Waals surface area contributed by atoms with Crippen LogP contribution in [0.15, 0.2) is 57.9 Å². The minimum Gasteiger partial charge on any atom is -0.366 e. The summed E-state index contributed by atoms with van der Waals surface area (Å²) < 4.78 is 51.9. The van der Waals surface area contributed by atoms with Gasteiger partial charge in [0.05, 0.1) is 11.5 Å². The third-order valence-electron chi connectivity index (χ3n) is 4.75. The molecule has 0 spiro atoms. The Morgan fingerprint density at radius 3 is 2.69 bits per heavy atom. The van der Waals surface area contributed by atoms with Crippen molar-refractivity contribution >= 4 is 10.0 Å². The van der Waals surface area contributed by atoms with E-state index in [2.05, 4.69) is 10.1 Å². The van der Waals surface area contributed by atoms with Crippen LogP contribution in [0, 0.1) is 12.7 Å². The molecule has 4 rings (SSSR count). The second-order valence-electron chi connectivity index (χ2n) is 6.85. The normalized spacial score (nSPS) is 18.1. The first kappa shape index (κ1) is 19.7. The Bertz CT molecular complexity index is 1100. The van der Waals surface area contributed by atoms with E-state index in [0.29, 0.717) is 11.4 Å². The Labute approximate surface area is 168 Å². The third-order valence-corrected chi connectivity index (χ3v) is 6.63. The zero-order valence-corrected chi connectivity index (χ0v) is 16.6. The van der Waals surface area contributed by atoms with E-state index in [0.717, 1.165) is 5.56 Å². The zero-order valence-electron chi connectivity index (χ0n) is 15.8. The molecule has 0 amide bonds. The molecule has 9 heteroatoms. The highest BCUT2D eigenvalue weighted by atomic mass is 32.2. The largest absolute Gasteiger partial charge is 0.366 e. The van der Waals surface area contributed by atoms with Gasteiger partial charge in [-0.25, -0.2) is 12.8 Å². The fraction of sp³-hybridized carbons (Fsp3) is 0.300. The molecule has 1 saturated heterocycles. The van der Waals surface area contributed by atoms with Gasteiger partial charge in [0.2, 0.25) is 10.0 Å². The Morgan fingerprint density at radius 2 is 1.93 bits per heavy atom. The lowest BCUT2D eigenvalue weighted by atomic mass is 10.1. The minimum absolute atomic E-state index is 0.0670. The second kappa shape index (κ2) is 8.02. The Hall–Kier alpha value is -2.62. The fourth-order valence-electron chi connectivity index (χ4n) is 3.13. The maximum Gasteiger partial charge on any atom is 0.257 e. The molecule has 2 aromatic carbocycles.